The first kappa shape index (κ1) is 11.0. The van der Waals surface area contributed by atoms with Crippen LogP contribution < -0.4 is 0 Å². The average Bonchev–Trinajstić information content (AvgIpc) is 2.64. The first-order valence-corrected chi connectivity index (χ1v) is 5.07. The van der Waals surface area contributed by atoms with Crippen LogP contribution in [0.2, 0.25) is 5.15 Å². The molecule has 0 atom stereocenters. The molecule has 0 aliphatic rings. The Balaban J connectivity index is 2.45. The lowest BCUT2D eigenvalue weighted by Crippen LogP contribution is -2.00. The second-order valence-electron chi connectivity index (χ2n) is 3.33. The smallest absolute Gasteiger partial charge is 0.179 e. The minimum Gasteiger partial charge on any atom is -0.378 e. The van der Waals surface area contributed by atoms with Crippen molar-refractivity contribution >= 4 is 11.6 Å². The molecular formula is C10H11ClN4O. The third-order valence-corrected chi connectivity index (χ3v) is 2.28. The van der Waals surface area contributed by atoms with Gasteiger partial charge in [-0.25, -0.2) is 15.0 Å². The molecule has 0 spiro atoms. The number of aromatic nitrogens is 4. The van der Waals surface area contributed by atoms with E-state index < -0.39 is 0 Å². The van der Waals surface area contributed by atoms with Crippen molar-refractivity contribution in [2.24, 2.45) is 7.05 Å². The van der Waals surface area contributed by atoms with Gasteiger partial charge >= 0.3 is 0 Å². The van der Waals surface area contributed by atoms with Gasteiger partial charge in [0.05, 0.1) is 24.8 Å². The second-order valence-corrected chi connectivity index (χ2v) is 3.72. The number of imidazole rings is 1. The Bertz CT molecular complexity index is 497. The minimum absolute atomic E-state index is 0.401. The third-order valence-electron chi connectivity index (χ3n) is 2.09. The Hall–Kier alpha value is -1.46. The number of nitrogens with zero attached hydrogens (tertiary/aromatic N) is 4. The molecule has 0 saturated carbocycles. The SMILES string of the molecule is COCc1cc(Cl)nc(-c2cncn2C)n1. The summed E-state index contributed by atoms with van der Waals surface area (Å²) < 4.78 is 6.85. The summed E-state index contributed by atoms with van der Waals surface area (Å²) >= 11 is 5.92. The molecule has 0 amide bonds. The fraction of sp³-hybridized carbons (Fsp3) is 0.300. The van der Waals surface area contributed by atoms with Crippen LogP contribution in [-0.2, 0) is 18.4 Å². The van der Waals surface area contributed by atoms with Crippen molar-refractivity contribution in [2.45, 2.75) is 6.61 Å². The molecule has 16 heavy (non-hydrogen) atoms. The normalized spacial score (nSPS) is 10.7. The molecule has 0 fully saturated rings. The molecule has 0 aliphatic carbocycles. The Labute approximate surface area is 98.1 Å². The van der Waals surface area contributed by atoms with Crippen LogP contribution in [0.15, 0.2) is 18.6 Å². The highest BCUT2D eigenvalue weighted by Gasteiger charge is 2.08. The third kappa shape index (κ3) is 2.20. The van der Waals surface area contributed by atoms with Gasteiger partial charge in [0.2, 0.25) is 0 Å². The Kier molecular flexibility index (Phi) is 3.17. The molecule has 0 saturated heterocycles. The van der Waals surface area contributed by atoms with Gasteiger partial charge in [0.25, 0.3) is 0 Å². The zero-order valence-electron chi connectivity index (χ0n) is 9.01. The van der Waals surface area contributed by atoms with Gasteiger partial charge in [-0.1, -0.05) is 11.6 Å². The van der Waals surface area contributed by atoms with Crippen LogP contribution in [0, 0.1) is 0 Å². The molecule has 0 radical (unpaired) electrons. The fourth-order valence-electron chi connectivity index (χ4n) is 1.37. The van der Waals surface area contributed by atoms with E-state index in [9.17, 15) is 0 Å². The van der Waals surface area contributed by atoms with Gasteiger partial charge in [-0.2, -0.15) is 0 Å². The van der Waals surface area contributed by atoms with Crippen molar-refractivity contribution in [3.63, 3.8) is 0 Å². The molecule has 0 unspecified atom stereocenters. The van der Waals surface area contributed by atoms with Crippen LogP contribution in [-0.4, -0.2) is 26.6 Å². The van der Waals surface area contributed by atoms with Crippen LogP contribution in [0.3, 0.4) is 0 Å². The topological polar surface area (TPSA) is 52.8 Å². The van der Waals surface area contributed by atoms with E-state index in [0.717, 1.165) is 11.4 Å². The van der Waals surface area contributed by atoms with E-state index in [0.29, 0.717) is 17.6 Å². The largest absolute Gasteiger partial charge is 0.378 e. The van der Waals surface area contributed by atoms with E-state index >= 15 is 0 Å². The molecule has 5 nitrogen and oxygen atoms in total. The van der Waals surface area contributed by atoms with Crippen molar-refractivity contribution in [2.75, 3.05) is 7.11 Å². The summed E-state index contributed by atoms with van der Waals surface area (Å²) in [5.41, 5.74) is 1.57. The fourth-order valence-corrected chi connectivity index (χ4v) is 1.58. The minimum atomic E-state index is 0.401. The summed E-state index contributed by atoms with van der Waals surface area (Å²) in [5.74, 6) is 0.555. The number of hydrogen-bond acceptors (Lipinski definition) is 4. The van der Waals surface area contributed by atoms with Crippen LogP contribution in [0.1, 0.15) is 5.69 Å². The summed E-state index contributed by atoms with van der Waals surface area (Å²) in [6, 6.07) is 1.69. The van der Waals surface area contributed by atoms with Gasteiger partial charge in [-0.05, 0) is 6.07 Å². The molecule has 2 aromatic rings. The van der Waals surface area contributed by atoms with Gasteiger partial charge in [0.1, 0.15) is 10.8 Å². The first-order chi connectivity index (χ1) is 7.70. The maximum Gasteiger partial charge on any atom is 0.179 e. The summed E-state index contributed by atoms with van der Waals surface area (Å²) in [5, 5.41) is 0.401. The maximum atomic E-state index is 5.92. The van der Waals surface area contributed by atoms with E-state index in [1.165, 1.54) is 0 Å². The van der Waals surface area contributed by atoms with Crippen molar-refractivity contribution in [1.29, 1.82) is 0 Å². The van der Waals surface area contributed by atoms with Crippen molar-refractivity contribution in [1.82, 2.24) is 19.5 Å². The lowest BCUT2D eigenvalue weighted by molar-refractivity contribution is 0.181. The molecule has 84 valence electrons. The highest BCUT2D eigenvalue weighted by molar-refractivity contribution is 6.29. The van der Waals surface area contributed by atoms with Gasteiger partial charge < -0.3 is 9.30 Å². The molecule has 2 rings (SSSR count). The van der Waals surface area contributed by atoms with E-state index in [4.69, 9.17) is 16.3 Å². The number of rotatable bonds is 3. The summed E-state index contributed by atoms with van der Waals surface area (Å²) in [6.07, 6.45) is 3.39. The van der Waals surface area contributed by atoms with Crippen molar-refractivity contribution in [3.05, 3.63) is 29.4 Å². The van der Waals surface area contributed by atoms with E-state index in [2.05, 4.69) is 15.0 Å². The van der Waals surface area contributed by atoms with Crippen LogP contribution in [0.4, 0.5) is 0 Å². The van der Waals surface area contributed by atoms with E-state index in [1.807, 2.05) is 11.6 Å². The molecule has 0 aromatic carbocycles. The Morgan fingerprint density at radius 1 is 1.44 bits per heavy atom. The molecule has 2 heterocycles. The zero-order valence-corrected chi connectivity index (χ0v) is 9.77. The monoisotopic (exact) mass is 238 g/mol. The number of halogens is 1. The predicted molar refractivity (Wildman–Crippen MR) is 60.0 cm³/mol. The van der Waals surface area contributed by atoms with Crippen molar-refractivity contribution in [3.8, 4) is 11.5 Å². The standard InChI is InChI=1S/C10H11ClN4O/c1-15-6-12-4-8(15)10-13-7(5-16-2)3-9(11)14-10/h3-4,6H,5H2,1-2H3. The van der Waals surface area contributed by atoms with Crippen LogP contribution >= 0.6 is 11.6 Å². The zero-order chi connectivity index (χ0) is 11.5. The molecule has 0 aliphatic heterocycles. The second kappa shape index (κ2) is 4.59. The highest BCUT2D eigenvalue weighted by Crippen LogP contribution is 2.17. The molecule has 6 heteroatoms. The van der Waals surface area contributed by atoms with Crippen molar-refractivity contribution < 1.29 is 4.74 Å². The number of hydrogen-bond donors (Lipinski definition) is 0. The number of aryl methyl sites for hydroxylation is 1. The summed E-state index contributed by atoms with van der Waals surface area (Å²) in [6.45, 7) is 0.410. The van der Waals surface area contributed by atoms with Crippen LogP contribution in [0.25, 0.3) is 11.5 Å². The Morgan fingerprint density at radius 2 is 2.25 bits per heavy atom. The van der Waals surface area contributed by atoms with Gasteiger partial charge in [0.15, 0.2) is 5.82 Å². The van der Waals surface area contributed by atoms with E-state index in [1.54, 1.807) is 25.7 Å². The average molecular weight is 239 g/mol. The molecule has 2 aromatic heterocycles. The quantitative estimate of drug-likeness (QED) is 0.764. The Morgan fingerprint density at radius 3 is 2.88 bits per heavy atom. The van der Waals surface area contributed by atoms with Crippen LogP contribution in [0.5, 0.6) is 0 Å². The maximum absolute atomic E-state index is 5.92. The lowest BCUT2D eigenvalue weighted by atomic mass is 10.3. The highest BCUT2D eigenvalue weighted by atomic mass is 35.5. The van der Waals surface area contributed by atoms with Gasteiger partial charge in [-0.3, -0.25) is 0 Å². The predicted octanol–water partition coefficient (Wildman–Crippen LogP) is 1.68. The molecule has 0 bridgehead atoms. The van der Waals surface area contributed by atoms with E-state index in [-0.39, 0.29) is 0 Å². The van der Waals surface area contributed by atoms with Gasteiger partial charge in [-0.15, -0.1) is 0 Å². The molecular weight excluding hydrogens is 228 g/mol. The first-order valence-electron chi connectivity index (χ1n) is 4.70. The van der Waals surface area contributed by atoms with Gasteiger partial charge in [0, 0.05) is 14.2 Å². The number of ether oxygens (including phenoxy) is 1. The number of methoxy groups -OCH3 is 1. The lowest BCUT2D eigenvalue weighted by Gasteiger charge is -2.04. The summed E-state index contributed by atoms with van der Waals surface area (Å²) in [4.78, 5) is 12.5. The summed E-state index contributed by atoms with van der Waals surface area (Å²) in [7, 11) is 3.49. The molecule has 0 N–H and O–H groups in total.